The molecular formula is C11H10BrIN4O2. The predicted molar refractivity (Wildman–Crippen MR) is 82.3 cm³/mol. The molecule has 2 aromatic rings. The SMILES string of the molecule is O=C(O)c1cn(CCNc2cc(I)ccc2Br)nn1. The third-order valence-corrected chi connectivity index (χ3v) is 3.71. The first kappa shape index (κ1) is 14.3. The molecule has 8 heteroatoms. The van der Waals surface area contributed by atoms with Gasteiger partial charge in [-0.15, -0.1) is 5.10 Å². The van der Waals surface area contributed by atoms with Crippen molar-refractivity contribution in [1.29, 1.82) is 0 Å². The second-order valence-electron chi connectivity index (χ2n) is 3.72. The number of carbonyl (C=O) groups is 1. The summed E-state index contributed by atoms with van der Waals surface area (Å²) in [6, 6.07) is 6.00. The Balaban J connectivity index is 1.92. The molecule has 0 saturated heterocycles. The van der Waals surface area contributed by atoms with Crippen molar-refractivity contribution in [2.45, 2.75) is 6.54 Å². The van der Waals surface area contributed by atoms with Crippen molar-refractivity contribution in [3.63, 3.8) is 0 Å². The van der Waals surface area contributed by atoms with Gasteiger partial charge in [0.05, 0.1) is 12.7 Å². The predicted octanol–water partition coefficient (Wildman–Crippen LogP) is 2.46. The third-order valence-electron chi connectivity index (χ3n) is 2.34. The molecule has 2 rings (SSSR count). The fourth-order valence-electron chi connectivity index (χ4n) is 1.44. The van der Waals surface area contributed by atoms with Gasteiger partial charge < -0.3 is 10.4 Å². The lowest BCUT2D eigenvalue weighted by molar-refractivity contribution is 0.0690. The average Bonchev–Trinajstić information content (AvgIpc) is 2.82. The molecule has 0 aliphatic rings. The topological polar surface area (TPSA) is 80.0 Å². The minimum Gasteiger partial charge on any atom is -0.476 e. The number of nitrogens with zero attached hydrogens (tertiary/aromatic N) is 3. The number of carboxylic acids is 1. The van der Waals surface area contributed by atoms with Gasteiger partial charge in [-0.3, -0.25) is 0 Å². The summed E-state index contributed by atoms with van der Waals surface area (Å²) in [7, 11) is 0. The Morgan fingerprint density at radius 1 is 1.53 bits per heavy atom. The van der Waals surface area contributed by atoms with Gasteiger partial charge in [-0.25, -0.2) is 9.48 Å². The summed E-state index contributed by atoms with van der Waals surface area (Å²) in [4.78, 5) is 10.7. The summed E-state index contributed by atoms with van der Waals surface area (Å²) in [6.07, 6.45) is 1.41. The largest absolute Gasteiger partial charge is 0.476 e. The molecule has 2 N–H and O–H groups in total. The van der Waals surface area contributed by atoms with Gasteiger partial charge in [0.25, 0.3) is 0 Å². The number of carboxylic acid groups (broad SMARTS) is 1. The zero-order chi connectivity index (χ0) is 13.8. The molecule has 0 amide bonds. The van der Waals surface area contributed by atoms with Crippen LogP contribution in [0.15, 0.2) is 28.9 Å². The van der Waals surface area contributed by atoms with Gasteiger partial charge in [0, 0.05) is 20.3 Å². The van der Waals surface area contributed by atoms with E-state index in [2.05, 4.69) is 54.1 Å². The summed E-state index contributed by atoms with van der Waals surface area (Å²) in [5, 5.41) is 19.3. The van der Waals surface area contributed by atoms with Crippen LogP contribution in [0.5, 0.6) is 0 Å². The van der Waals surface area contributed by atoms with Crippen LogP contribution < -0.4 is 5.32 Å². The number of hydrogen-bond acceptors (Lipinski definition) is 4. The number of halogens is 2. The minimum absolute atomic E-state index is 0.0459. The van der Waals surface area contributed by atoms with Crippen LogP contribution in [-0.2, 0) is 6.54 Å². The molecule has 0 radical (unpaired) electrons. The quantitative estimate of drug-likeness (QED) is 0.704. The monoisotopic (exact) mass is 436 g/mol. The molecule has 0 fully saturated rings. The van der Waals surface area contributed by atoms with Crippen molar-refractivity contribution >= 4 is 50.2 Å². The van der Waals surface area contributed by atoms with Crippen LogP contribution in [0, 0.1) is 3.57 Å². The van der Waals surface area contributed by atoms with E-state index in [1.807, 2.05) is 18.2 Å². The number of hydrogen-bond donors (Lipinski definition) is 2. The molecule has 1 heterocycles. The highest BCUT2D eigenvalue weighted by atomic mass is 127. The van der Waals surface area contributed by atoms with Crippen molar-refractivity contribution in [2.24, 2.45) is 0 Å². The first-order valence-electron chi connectivity index (χ1n) is 5.38. The average molecular weight is 437 g/mol. The second-order valence-corrected chi connectivity index (χ2v) is 5.82. The smallest absolute Gasteiger partial charge is 0.358 e. The van der Waals surface area contributed by atoms with E-state index in [0.717, 1.165) is 13.7 Å². The Kier molecular flexibility index (Phi) is 4.75. The normalized spacial score (nSPS) is 10.4. The molecule has 1 aromatic carbocycles. The number of anilines is 1. The summed E-state index contributed by atoms with van der Waals surface area (Å²) in [6.45, 7) is 1.17. The molecule has 0 aliphatic carbocycles. The van der Waals surface area contributed by atoms with Gasteiger partial charge >= 0.3 is 5.97 Å². The highest BCUT2D eigenvalue weighted by molar-refractivity contribution is 14.1. The maximum absolute atomic E-state index is 10.7. The summed E-state index contributed by atoms with van der Waals surface area (Å²) in [5.41, 5.74) is 0.945. The zero-order valence-corrected chi connectivity index (χ0v) is 13.4. The lowest BCUT2D eigenvalue weighted by Gasteiger charge is -2.08. The summed E-state index contributed by atoms with van der Waals surface area (Å²) >= 11 is 5.70. The minimum atomic E-state index is -1.07. The van der Waals surface area contributed by atoms with Gasteiger partial charge in [-0.1, -0.05) is 5.21 Å². The van der Waals surface area contributed by atoms with Gasteiger partial charge in [0.15, 0.2) is 5.69 Å². The summed E-state index contributed by atoms with van der Waals surface area (Å²) in [5.74, 6) is -1.07. The maximum atomic E-state index is 10.7. The molecule has 0 unspecified atom stereocenters. The van der Waals surface area contributed by atoms with Crippen LogP contribution in [-0.4, -0.2) is 32.6 Å². The van der Waals surface area contributed by atoms with Crippen LogP contribution in [0.4, 0.5) is 5.69 Å². The third kappa shape index (κ3) is 3.90. The Bertz CT molecular complexity index is 602. The van der Waals surface area contributed by atoms with E-state index < -0.39 is 5.97 Å². The molecule has 0 aliphatic heterocycles. The van der Waals surface area contributed by atoms with Crippen molar-refractivity contribution in [3.05, 3.63) is 38.1 Å². The van der Waals surface area contributed by atoms with E-state index in [1.54, 1.807) is 0 Å². The lowest BCUT2D eigenvalue weighted by Crippen LogP contribution is -2.11. The number of rotatable bonds is 5. The van der Waals surface area contributed by atoms with Crippen LogP contribution in [0.1, 0.15) is 10.5 Å². The first-order chi connectivity index (χ1) is 9.06. The van der Waals surface area contributed by atoms with Crippen LogP contribution in [0.2, 0.25) is 0 Å². The first-order valence-corrected chi connectivity index (χ1v) is 7.26. The maximum Gasteiger partial charge on any atom is 0.358 e. The zero-order valence-electron chi connectivity index (χ0n) is 9.68. The van der Waals surface area contributed by atoms with E-state index in [-0.39, 0.29) is 5.69 Å². The molecule has 0 saturated carbocycles. The Hall–Kier alpha value is -1.16. The van der Waals surface area contributed by atoms with Crippen molar-refractivity contribution in [2.75, 3.05) is 11.9 Å². The number of benzene rings is 1. The fourth-order valence-corrected chi connectivity index (χ4v) is 2.32. The molecule has 6 nitrogen and oxygen atoms in total. The Morgan fingerprint density at radius 3 is 3.00 bits per heavy atom. The van der Waals surface area contributed by atoms with E-state index >= 15 is 0 Å². The van der Waals surface area contributed by atoms with Crippen LogP contribution >= 0.6 is 38.5 Å². The number of nitrogens with one attached hydrogen (secondary N) is 1. The summed E-state index contributed by atoms with van der Waals surface area (Å²) < 4.78 is 3.62. The van der Waals surface area contributed by atoms with Crippen molar-refractivity contribution in [3.8, 4) is 0 Å². The van der Waals surface area contributed by atoms with Gasteiger partial charge in [-0.05, 0) is 56.7 Å². The van der Waals surface area contributed by atoms with Crippen molar-refractivity contribution in [1.82, 2.24) is 15.0 Å². The molecule has 19 heavy (non-hydrogen) atoms. The number of aromatic nitrogens is 3. The Morgan fingerprint density at radius 2 is 2.32 bits per heavy atom. The van der Waals surface area contributed by atoms with Gasteiger partial charge in [-0.2, -0.15) is 0 Å². The standard InChI is InChI=1S/C11H10BrIN4O2/c12-8-2-1-7(13)5-9(8)14-3-4-17-6-10(11(18)19)15-16-17/h1-2,5-6,14H,3-4H2,(H,18,19). The van der Waals surface area contributed by atoms with E-state index in [1.165, 1.54) is 10.9 Å². The van der Waals surface area contributed by atoms with Gasteiger partial charge in [0.1, 0.15) is 0 Å². The molecule has 100 valence electrons. The molecule has 0 spiro atoms. The number of aromatic carboxylic acids is 1. The van der Waals surface area contributed by atoms with Gasteiger partial charge in [0.2, 0.25) is 0 Å². The molecule has 0 bridgehead atoms. The van der Waals surface area contributed by atoms with Crippen molar-refractivity contribution < 1.29 is 9.90 Å². The van der Waals surface area contributed by atoms with Crippen LogP contribution in [0.3, 0.4) is 0 Å². The molecular weight excluding hydrogens is 427 g/mol. The highest BCUT2D eigenvalue weighted by Crippen LogP contribution is 2.24. The highest BCUT2D eigenvalue weighted by Gasteiger charge is 2.07. The fraction of sp³-hybridized carbons (Fsp3) is 0.182. The Labute approximate surface area is 131 Å². The molecule has 0 atom stereocenters. The van der Waals surface area contributed by atoms with E-state index in [9.17, 15) is 4.79 Å². The van der Waals surface area contributed by atoms with E-state index in [0.29, 0.717) is 13.1 Å². The second kappa shape index (κ2) is 6.33. The van der Waals surface area contributed by atoms with E-state index in [4.69, 9.17) is 5.11 Å². The molecule has 1 aromatic heterocycles. The van der Waals surface area contributed by atoms with Crippen LogP contribution in [0.25, 0.3) is 0 Å². The lowest BCUT2D eigenvalue weighted by atomic mass is 10.3.